The SMILES string of the molecule is CC1Oc2ccc(NC(=O)c3ccc(F)c(F)c3)cc2N(C)C1=O. The van der Waals surface area contributed by atoms with Crippen molar-refractivity contribution in [2.24, 2.45) is 0 Å². The number of hydrogen-bond donors (Lipinski definition) is 1. The number of fused-ring (bicyclic) bond motifs is 1. The monoisotopic (exact) mass is 332 g/mol. The zero-order chi connectivity index (χ0) is 17.4. The molecule has 0 bridgehead atoms. The Morgan fingerprint density at radius 2 is 1.92 bits per heavy atom. The maximum absolute atomic E-state index is 13.2. The second kappa shape index (κ2) is 5.92. The fraction of sp³-hybridized carbons (Fsp3) is 0.176. The molecule has 0 spiro atoms. The molecule has 24 heavy (non-hydrogen) atoms. The number of carbonyl (C=O) groups excluding carboxylic acids is 2. The van der Waals surface area contributed by atoms with Crippen molar-refractivity contribution in [1.82, 2.24) is 0 Å². The van der Waals surface area contributed by atoms with Gasteiger partial charge in [0.25, 0.3) is 11.8 Å². The van der Waals surface area contributed by atoms with Crippen LogP contribution in [-0.4, -0.2) is 25.0 Å². The minimum Gasteiger partial charge on any atom is -0.479 e. The lowest BCUT2D eigenvalue weighted by atomic mass is 10.1. The predicted molar refractivity (Wildman–Crippen MR) is 84.3 cm³/mol. The molecule has 1 N–H and O–H groups in total. The molecule has 0 radical (unpaired) electrons. The Balaban J connectivity index is 1.85. The molecule has 2 aromatic carbocycles. The molecular weight excluding hydrogens is 318 g/mol. The smallest absolute Gasteiger partial charge is 0.267 e. The number of benzene rings is 2. The molecule has 1 atom stereocenters. The van der Waals surface area contributed by atoms with Crippen LogP contribution < -0.4 is 15.0 Å². The van der Waals surface area contributed by atoms with Crippen LogP contribution in [-0.2, 0) is 4.79 Å². The maximum atomic E-state index is 13.2. The van der Waals surface area contributed by atoms with Crippen LogP contribution in [0.3, 0.4) is 0 Å². The second-order valence-corrected chi connectivity index (χ2v) is 5.42. The summed E-state index contributed by atoms with van der Waals surface area (Å²) < 4.78 is 31.6. The summed E-state index contributed by atoms with van der Waals surface area (Å²) in [4.78, 5) is 25.5. The van der Waals surface area contributed by atoms with Crippen LogP contribution in [0.2, 0.25) is 0 Å². The molecule has 1 heterocycles. The van der Waals surface area contributed by atoms with Gasteiger partial charge in [-0.05, 0) is 43.3 Å². The van der Waals surface area contributed by atoms with E-state index in [0.717, 1.165) is 12.1 Å². The first-order valence-corrected chi connectivity index (χ1v) is 7.21. The van der Waals surface area contributed by atoms with Gasteiger partial charge in [-0.1, -0.05) is 0 Å². The summed E-state index contributed by atoms with van der Waals surface area (Å²) >= 11 is 0. The molecule has 2 amide bonds. The molecule has 7 heteroatoms. The van der Waals surface area contributed by atoms with E-state index in [1.807, 2.05) is 0 Å². The van der Waals surface area contributed by atoms with E-state index in [1.165, 1.54) is 11.0 Å². The summed E-state index contributed by atoms with van der Waals surface area (Å²) in [7, 11) is 1.61. The van der Waals surface area contributed by atoms with Gasteiger partial charge in [-0.3, -0.25) is 9.59 Å². The quantitative estimate of drug-likeness (QED) is 0.920. The van der Waals surface area contributed by atoms with Gasteiger partial charge >= 0.3 is 0 Å². The molecule has 1 unspecified atom stereocenters. The number of amides is 2. The average Bonchev–Trinajstić information content (AvgIpc) is 2.56. The number of ether oxygens (including phenoxy) is 1. The first-order valence-electron chi connectivity index (χ1n) is 7.21. The van der Waals surface area contributed by atoms with E-state index < -0.39 is 23.6 Å². The fourth-order valence-corrected chi connectivity index (χ4v) is 2.43. The van der Waals surface area contributed by atoms with Crippen molar-refractivity contribution in [2.45, 2.75) is 13.0 Å². The summed E-state index contributed by atoms with van der Waals surface area (Å²) in [6.45, 7) is 1.65. The van der Waals surface area contributed by atoms with E-state index in [4.69, 9.17) is 4.74 Å². The van der Waals surface area contributed by atoms with Crippen LogP contribution >= 0.6 is 0 Å². The molecule has 5 nitrogen and oxygen atoms in total. The molecule has 0 aromatic heterocycles. The van der Waals surface area contributed by atoms with Crippen LogP contribution in [0, 0.1) is 11.6 Å². The Morgan fingerprint density at radius 1 is 1.17 bits per heavy atom. The van der Waals surface area contributed by atoms with E-state index in [-0.39, 0.29) is 11.5 Å². The highest BCUT2D eigenvalue weighted by molar-refractivity contribution is 6.05. The number of rotatable bonds is 2. The summed E-state index contributed by atoms with van der Waals surface area (Å²) in [5.41, 5.74) is 0.906. The lowest BCUT2D eigenvalue weighted by Gasteiger charge is -2.30. The van der Waals surface area contributed by atoms with Crippen LogP contribution in [0.5, 0.6) is 5.75 Å². The van der Waals surface area contributed by atoms with Crippen molar-refractivity contribution in [2.75, 3.05) is 17.3 Å². The number of hydrogen-bond acceptors (Lipinski definition) is 3. The first kappa shape index (κ1) is 15.9. The summed E-state index contributed by atoms with van der Waals surface area (Å²) in [6.07, 6.45) is -0.579. The molecule has 0 aliphatic carbocycles. The second-order valence-electron chi connectivity index (χ2n) is 5.42. The average molecular weight is 332 g/mol. The molecule has 0 saturated carbocycles. The predicted octanol–water partition coefficient (Wildman–Crippen LogP) is 2.96. The molecule has 0 fully saturated rings. The first-order chi connectivity index (χ1) is 11.4. The van der Waals surface area contributed by atoms with Crippen molar-refractivity contribution in [3.05, 3.63) is 53.6 Å². The topological polar surface area (TPSA) is 58.6 Å². The van der Waals surface area contributed by atoms with Gasteiger partial charge in [-0.15, -0.1) is 0 Å². The highest BCUT2D eigenvalue weighted by atomic mass is 19.2. The van der Waals surface area contributed by atoms with Crippen molar-refractivity contribution >= 4 is 23.2 Å². The Labute approximate surface area is 136 Å². The van der Waals surface area contributed by atoms with Crippen LogP contribution in [0.4, 0.5) is 20.2 Å². The lowest BCUT2D eigenvalue weighted by molar-refractivity contribution is -0.125. The highest BCUT2D eigenvalue weighted by Gasteiger charge is 2.29. The number of nitrogens with one attached hydrogen (secondary N) is 1. The molecule has 1 aliphatic rings. The molecule has 2 aromatic rings. The van der Waals surface area contributed by atoms with Gasteiger partial charge < -0.3 is 15.0 Å². The summed E-state index contributed by atoms with van der Waals surface area (Å²) in [5.74, 6) is -2.39. The Kier molecular flexibility index (Phi) is 3.92. The van der Waals surface area contributed by atoms with Gasteiger partial charge in [-0.2, -0.15) is 0 Å². The van der Waals surface area contributed by atoms with E-state index in [1.54, 1.807) is 32.2 Å². The molecular formula is C17H14F2N2O3. The third kappa shape index (κ3) is 2.80. The van der Waals surface area contributed by atoms with E-state index in [2.05, 4.69) is 5.32 Å². The molecule has 124 valence electrons. The van der Waals surface area contributed by atoms with Crippen molar-refractivity contribution < 1.29 is 23.1 Å². The zero-order valence-corrected chi connectivity index (χ0v) is 13.0. The van der Waals surface area contributed by atoms with Gasteiger partial charge in [-0.25, -0.2) is 8.78 Å². The normalized spacial score (nSPS) is 16.4. The Morgan fingerprint density at radius 3 is 2.62 bits per heavy atom. The molecule has 0 saturated heterocycles. The minimum absolute atomic E-state index is 0.0130. The zero-order valence-electron chi connectivity index (χ0n) is 13.0. The van der Waals surface area contributed by atoms with E-state index >= 15 is 0 Å². The number of carbonyl (C=O) groups is 2. The van der Waals surface area contributed by atoms with Gasteiger partial charge in [0.05, 0.1) is 5.69 Å². The van der Waals surface area contributed by atoms with Crippen molar-refractivity contribution in [1.29, 1.82) is 0 Å². The van der Waals surface area contributed by atoms with Crippen LogP contribution in [0.1, 0.15) is 17.3 Å². The minimum atomic E-state index is -1.10. The molecule has 3 rings (SSSR count). The number of halogens is 2. The van der Waals surface area contributed by atoms with Crippen molar-refractivity contribution in [3.63, 3.8) is 0 Å². The number of nitrogens with zero attached hydrogens (tertiary/aromatic N) is 1. The number of likely N-dealkylation sites (N-methyl/N-ethyl adjacent to an activating group) is 1. The van der Waals surface area contributed by atoms with Gasteiger partial charge in [0, 0.05) is 18.3 Å². The third-order valence-electron chi connectivity index (χ3n) is 3.74. The largest absolute Gasteiger partial charge is 0.479 e. The summed E-state index contributed by atoms with van der Waals surface area (Å²) in [6, 6.07) is 7.72. The van der Waals surface area contributed by atoms with Crippen LogP contribution in [0.15, 0.2) is 36.4 Å². The van der Waals surface area contributed by atoms with Crippen molar-refractivity contribution in [3.8, 4) is 5.75 Å². The fourth-order valence-electron chi connectivity index (χ4n) is 2.43. The van der Waals surface area contributed by atoms with Gasteiger partial charge in [0.1, 0.15) is 5.75 Å². The van der Waals surface area contributed by atoms with Crippen LogP contribution in [0.25, 0.3) is 0 Å². The summed E-state index contributed by atoms with van der Waals surface area (Å²) in [5, 5.41) is 2.58. The van der Waals surface area contributed by atoms with Gasteiger partial charge in [0.2, 0.25) is 0 Å². The standard InChI is InChI=1S/C17H14F2N2O3/c1-9-17(23)21(2)14-8-11(4-6-15(14)24-9)20-16(22)10-3-5-12(18)13(19)7-10/h3-9H,1-2H3,(H,20,22). The third-order valence-corrected chi connectivity index (χ3v) is 3.74. The van der Waals surface area contributed by atoms with E-state index in [0.29, 0.717) is 17.1 Å². The highest BCUT2D eigenvalue weighted by Crippen LogP contribution is 2.35. The Bertz CT molecular complexity index is 839. The lowest BCUT2D eigenvalue weighted by Crippen LogP contribution is -2.41. The van der Waals surface area contributed by atoms with E-state index in [9.17, 15) is 18.4 Å². The maximum Gasteiger partial charge on any atom is 0.267 e. The Hall–Kier alpha value is -2.96. The molecule has 1 aliphatic heterocycles. The van der Waals surface area contributed by atoms with Gasteiger partial charge in [0.15, 0.2) is 17.7 Å². The number of anilines is 2.